The summed E-state index contributed by atoms with van der Waals surface area (Å²) in [5, 5.41) is 19.0. The van der Waals surface area contributed by atoms with E-state index in [2.05, 4.69) is 0 Å². The maximum absolute atomic E-state index is 10.7. The van der Waals surface area contributed by atoms with E-state index in [4.69, 9.17) is 9.84 Å². The van der Waals surface area contributed by atoms with Crippen LogP contribution in [0.15, 0.2) is 24.3 Å². The fourth-order valence-corrected chi connectivity index (χ4v) is 2.19. The average Bonchev–Trinajstić information content (AvgIpc) is 2.26. The molecular weight excluding hydrogens is 220 g/mol. The second kappa shape index (κ2) is 4.37. The van der Waals surface area contributed by atoms with E-state index in [1.165, 1.54) is 0 Å². The van der Waals surface area contributed by atoms with Gasteiger partial charge in [-0.05, 0) is 37.5 Å². The highest BCUT2D eigenvalue weighted by molar-refractivity contribution is 5.71. The van der Waals surface area contributed by atoms with Gasteiger partial charge in [0.25, 0.3) is 0 Å². The van der Waals surface area contributed by atoms with Gasteiger partial charge in [-0.25, -0.2) is 0 Å². The molecule has 0 aliphatic heterocycles. The first-order chi connectivity index (χ1) is 8.05. The van der Waals surface area contributed by atoms with E-state index in [0.29, 0.717) is 6.61 Å². The molecule has 2 N–H and O–H groups in total. The monoisotopic (exact) mass is 236 g/mol. The number of hydrogen-bond donors (Lipinski definition) is 2. The fraction of sp³-hybridized carbons (Fsp3) is 0.462. The Morgan fingerprint density at radius 3 is 2.47 bits per heavy atom. The molecule has 0 saturated heterocycles. The van der Waals surface area contributed by atoms with Crippen molar-refractivity contribution in [3.05, 3.63) is 29.8 Å². The first-order valence-electron chi connectivity index (χ1n) is 5.73. The highest BCUT2D eigenvalue weighted by atomic mass is 16.5. The molecule has 1 saturated carbocycles. The third-order valence-electron chi connectivity index (χ3n) is 3.22. The molecule has 1 aromatic carbocycles. The molecule has 92 valence electrons. The topological polar surface area (TPSA) is 66.8 Å². The molecular formula is C13H16O4. The molecule has 0 radical (unpaired) electrons. The van der Waals surface area contributed by atoms with Gasteiger partial charge in [0, 0.05) is 0 Å². The van der Waals surface area contributed by atoms with Crippen LogP contribution >= 0.6 is 0 Å². The minimum Gasteiger partial charge on any atom is -0.494 e. The van der Waals surface area contributed by atoms with E-state index in [1.807, 2.05) is 6.92 Å². The van der Waals surface area contributed by atoms with E-state index in [9.17, 15) is 9.90 Å². The summed E-state index contributed by atoms with van der Waals surface area (Å²) in [6, 6.07) is 7.18. The van der Waals surface area contributed by atoms with Crippen molar-refractivity contribution in [1.29, 1.82) is 0 Å². The number of benzene rings is 1. The van der Waals surface area contributed by atoms with E-state index >= 15 is 0 Å². The van der Waals surface area contributed by atoms with Crippen molar-refractivity contribution >= 4 is 5.97 Å². The van der Waals surface area contributed by atoms with Crippen LogP contribution in [-0.4, -0.2) is 22.8 Å². The molecule has 0 aromatic heterocycles. The van der Waals surface area contributed by atoms with Crippen molar-refractivity contribution in [3.63, 3.8) is 0 Å². The largest absolute Gasteiger partial charge is 0.494 e. The van der Waals surface area contributed by atoms with Gasteiger partial charge in [0.05, 0.1) is 18.1 Å². The zero-order valence-electron chi connectivity index (χ0n) is 9.72. The van der Waals surface area contributed by atoms with Crippen LogP contribution in [0, 0.1) is 5.92 Å². The second-order valence-electron chi connectivity index (χ2n) is 4.43. The number of rotatable bonds is 4. The summed E-state index contributed by atoms with van der Waals surface area (Å²) in [6.07, 6.45) is 0.576. The molecule has 0 amide bonds. The normalized spacial score (nSPS) is 27.3. The Kier molecular flexibility index (Phi) is 3.07. The molecule has 1 fully saturated rings. The van der Waals surface area contributed by atoms with Crippen LogP contribution in [0.1, 0.15) is 25.3 Å². The summed E-state index contributed by atoms with van der Waals surface area (Å²) in [4.78, 5) is 10.7. The third-order valence-corrected chi connectivity index (χ3v) is 3.22. The van der Waals surface area contributed by atoms with Gasteiger partial charge in [0.1, 0.15) is 5.75 Å². The molecule has 0 unspecified atom stereocenters. The van der Waals surface area contributed by atoms with Crippen LogP contribution in [0.4, 0.5) is 0 Å². The van der Waals surface area contributed by atoms with Crippen molar-refractivity contribution in [2.24, 2.45) is 5.92 Å². The highest BCUT2D eigenvalue weighted by Gasteiger charge is 2.47. The molecule has 17 heavy (non-hydrogen) atoms. The smallest absolute Gasteiger partial charge is 0.306 e. The van der Waals surface area contributed by atoms with Gasteiger partial charge in [-0.2, -0.15) is 0 Å². The molecule has 4 heteroatoms. The number of carboxylic acids is 1. The van der Waals surface area contributed by atoms with Crippen molar-refractivity contribution in [2.45, 2.75) is 25.4 Å². The number of aliphatic hydroxyl groups is 1. The van der Waals surface area contributed by atoms with Crippen molar-refractivity contribution in [3.8, 4) is 5.75 Å². The van der Waals surface area contributed by atoms with Crippen molar-refractivity contribution in [2.75, 3.05) is 6.61 Å². The maximum atomic E-state index is 10.7. The summed E-state index contributed by atoms with van der Waals surface area (Å²) < 4.78 is 5.31. The molecule has 0 heterocycles. The number of aliphatic carboxylic acids is 1. The Hall–Kier alpha value is -1.55. The van der Waals surface area contributed by atoms with Gasteiger partial charge < -0.3 is 14.9 Å². The molecule has 1 aliphatic carbocycles. The number of hydrogen-bond acceptors (Lipinski definition) is 3. The lowest BCUT2D eigenvalue weighted by atomic mass is 9.67. The van der Waals surface area contributed by atoms with Crippen LogP contribution in [0.5, 0.6) is 5.75 Å². The van der Waals surface area contributed by atoms with E-state index in [-0.39, 0.29) is 12.8 Å². The van der Waals surface area contributed by atoms with Crippen LogP contribution in [-0.2, 0) is 10.4 Å². The quantitative estimate of drug-likeness (QED) is 0.836. The number of carboxylic acid groups (broad SMARTS) is 1. The van der Waals surface area contributed by atoms with Gasteiger partial charge in [0.2, 0.25) is 0 Å². The van der Waals surface area contributed by atoms with Gasteiger partial charge >= 0.3 is 5.97 Å². The molecule has 0 bridgehead atoms. The van der Waals surface area contributed by atoms with Crippen LogP contribution in [0.2, 0.25) is 0 Å². The Bertz CT molecular complexity index is 404. The zero-order chi connectivity index (χ0) is 12.5. The minimum absolute atomic E-state index is 0.288. The third kappa shape index (κ3) is 2.26. The summed E-state index contributed by atoms with van der Waals surface area (Å²) in [6.45, 7) is 2.51. The molecule has 1 aliphatic rings. The Balaban J connectivity index is 2.06. The van der Waals surface area contributed by atoms with Crippen molar-refractivity contribution in [1.82, 2.24) is 0 Å². The highest BCUT2D eigenvalue weighted by Crippen LogP contribution is 2.45. The molecule has 0 atom stereocenters. The van der Waals surface area contributed by atoms with Crippen LogP contribution < -0.4 is 4.74 Å². The summed E-state index contributed by atoms with van der Waals surface area (Å²) >= 11 is 0. The van der Waals surface area contributed by atoms with Crippen LogP contribution in [0.3, 0.4) is 0 Å². The first kappa shape index (κ1) is 11.9. The Morgan fingerprint density at radius 1 is 1.41 bits per heavy atom. The average molecular weight is 236 g/mol. The lowest BCUT2D eigenvalue weighted by Crippen LogP contribution is -2.44. The lowest BCUT2D eigenvalue weighted by Gasteiger charge is -2.41. The van der Waals surface area contributed by atoms with E-state index in [0.717, 1.165) is 11.3 Å². The maximum Gasteiger partial charge on any atom is 0.306 e. The second-order valence-corrected chi connectivity index (χ2v) is 4.43. The molecule has 1 aromatic rings. The zero-order valence-corrected chi connectivity index (χ0v) is 9.72. The van der Waals surface area contributed by atoms with Crippen molar-refractivity contribution < 1.29 is 19.7 Å². The van der Waals surface area contributed by atoms with Gasteiger partial charge in [-0.15, -0.1) is 0 Å². The summed E-state index contributed by atoms with van der Waals surface area (Å²) in [5.41, 5.74) is -0.216. The number of ether oxygens (including phenoxy) is 1. The van der Waals surface area contributed by atoms with E-state index in [1.54, 1.807) is 24.3 Å². The first-order valence-corrected chi connectivity index (χ1v) is 5.73. The summed E-state index contributed by atoms with van der Waals surface area (Å²) in [7, 11) is 0. The Morgan fingerprint density at radius 2 is 2.00 bits per heavy atom. The molecule has 2 rings (SSSR count). The standard InChI is InChI=1S/C13H16O4/c1-2-17-11-5-3-10(4-6-11)13(16)7-9(8-13)12(14)15/h3-6,9,16H,2,7-8H2,1H3,(H,14,15). The number of carbonyl (C=O) groups is 1. The minimum atomic E-state index is -0.978. The predicted molar refractivity (Wildman–Crippen MR) is 61.9 cm³/mol. The molecule has 4 nitrogen and oxygen atoms in total. The fourth-order valence-electron chi connectivity index (χ4n) is 2.19. The summed E-state index contributed by atoms with van der Waals surface area (Å²) in [5.74, 6) is -0.499. The Labute approximate surface area is 99.8 Å². The van der Waals surface area contributed by atoms with Gasteiger partial charge in [-0.1, -0.05) is 12.1 Å². The van der Waals surface area contributed by atoms with Crippen LogP contribution in [0.25, 0.3) is 0 Å². The van der Waals surface area contributed by atoms with Gasteiger partial charge in [0.15, 0.2) is 0 Å². The molecule has 0 spiro atoms. The SMILES string of the molecule is CCOc1ccc(C2(O)CC(C(=O)O)C2)cc1. The lowest BCUT2D eigenvalue weighted by molar-refractivity contribution is -0.159. The van der Waals surface area contributed by atoms with Gasteiger partial charge in [-0.3, -0.25) is 4.79 Å². The predicted octanol–water partition coefficient (Wildman–Crippen LogP) is 1.77. The van der Waals surface area contributed by atoms with E-state index < -0.39 is 17.5 Å².